The molecule has 1 fully saturated rings. The van der Waals surface area contributed by atoms with E-state index in [9.17, 15) is 24.2 Å². The van der Waals surface area contributed by atoms with Gasteiger partial charge in [-0.1, -0.05) is 18.2 Å². The van der Waals surface area contributed by atoms with Crippen LogP contribution in [0, 0.1) is 5.82 Å². The lowest BCUT2D eigenvalue weighted by molar-refractivity contribution is -0.132. The molecule has 6 nitrogen and oxygen atoms in total. The lowest BCUT2D eigenvalue weighted by Crippen LogP contribution is -2.29. The first-order chi connectivity index (χ1) is 14.0. The highest BCUT2D eigenvalue weighted by atomic mass is 19.1. The van der Waals surface area contributed by atoms with Crippen molar-refractivity contribution >= 4 is 23.1 Å². The first kappa shape index (κ1) is 18.4. The topological polar surface area (TPSA) is 90.7 Å². The van der Waals surface area contributed by atoms with Crippen LogP contribution >= 0.6 is 0 Å². The van der Waals surface area contributed by atoms with Gasteiger partial charge in [-0.05, 0) is 48.0 Å². The summed E-state index contributed by atoms with van der Waals surface area (Å²) in [6.07, 6.45) is 3.01. The third kappa shape index (κ3) is 3.12. The van der Waals surface area contributed by atoms with E-state index in [1.165, 1.54) is 36.7 Å². The van der Waals surface area contributed by atoms with Crippen molar-refractivity contribution in [1.29, 1.82) is 0 Å². The van der Waals surface area contributed by atoms with Crippen LogP contribution < -0.4 is 4.90 Å². The summed E-state index contributed by atoms with van der Waals surface area (Å²) in [6, 6.07) is 13.3. The molecule has 4 rings (SSSR count). The Labute approximate surface area is 165 Å². The molecule has 1 saturated heterocycles. The number of ketones is 1. The third-order valence-electron chi connectivity index (χ3n) is 4.70. The molecule has 2 heterocycles. The van der Waals surface area contributed by atoms with Crippen molar-refractivity contribution < 1.29 is 24.2 Å². The Morgan fingerprint density at radius 1 is 1.00 bits per heavy atom. The van der Waals surface area contributed by atoms with E-state index in [0.29, 0.717) is 5.56 Å². The molecule has 1 unspecified atom stereocenters. The summed E-state index contributed by atoms with van der Waals surface area (Å²) in [6.45, 7) is 0. The van der Waals surface area contributed by atoms with Crippen LogP contribution in [0.3, 0.4) is 0 Å². The van der Waals surface area contributed by atoms with Gasteiger partial charge in [0.2, 0.25) is 0 Å². The van der Waals surface area contributed by atoms with E-state index in [0.717, 1.165) is 17.0 Å². The van der Waals surface area contributed by atoms with Crippen molar-refractivity contribution in [2.24, 2.45) is 0 Å². The number of aromatic hydroxyl groups is 1. The van der Waals surface area contributed by atoms with Gasteiger partial charge in [0, 0.05) is 18.0 Å². The molecular weight excluding hydrogens is 375 g/mol. The number of hydrogen-bond donors (Lipinski definition) is 2. The van der Waals surface area contributed by atoms with Crippen LogP contribution in [0.5, 0.6) is 5.75 Å². The number of anilines is 1. The maximum Gasteiger partial charge on any atom is 0.300 e. The molecule has 0 aliphatic carbocycles. The van der Waals surface area contributed by atoms with Crippen LogP contribution in [-0.4, -0.2) is 26.9 Å². The second-order valence-corrected chi connectivity index (χ2v) is 6.45. The molecule has 0 spiro atoms. The minimum Gasteiger partial charge on any atom is -0.507 e. The number of carbonyl (C=O) groups excluding carboxylic acids is 2. The zero-order valence-corrected chi connectivity index (χ0v) is 15.0. The van der Waals surface area contributed by atoms with E-state index >= 15 is 0 Å². The smallest absolute Gasteiger partial charge is 0.300 e. The third-order valence-corrected chi connectivity index (χ3v) is 4.70. The van der Waals surface area contributed by atoms with Crippen LogP contribution in [0.4, 0.5) is 10.1 Å². The van der Waals surface area contributed by atoms with E-state index in [-0.39, 0.29) is 22.6 Å². The zero-order valence-electron chi connectivity index (χ0n) is 15.0. The molecule has 0 saturated carbocycles. The fourth-order valence-corrected chi connectivity index (χ4v) is 3.37. The molecule has 7 heteroatoms. The summed E-state index contributed by atoms with van der Waals surface area (Å²) in [7, 11) is 0. The summed E-state index contributed by atoms with van der Waals surface area (Å²) in [5.74, 6) is -2.94. The van der Waals surface area contributed by atoms with Gasteiger partial charge >= 0.3 is 0 Å². The molecule has 2 N–H and O–H groups in total. The van der Waals surface area contributed by atoms with E-state index in [4.69, 9.17) is 0 Å². The van der Waals surface area contributed by atoms with Gasteiger partial charge in [-0.15, -0.1) is 0 Å². The molecule has 1 atom stereocenters. The first-order valence-corrected chi connectivity index (χ1v) is 8.74. The predicted molar refractivity (Wildman–Crippen MR) is 104 cm³/mol. The average molecular weight is 390 g/mol. The number of halogens is 1. The number of carbonyl (C=O) groups is 2. The number of Topliss-reactive ketones (excluding diaryl/α,β-unsaturated/α-hetero) is 1. The molecule has 3 aromatic rings. The standard InChI is InChI=1S/C22H15FN2O4/c23-15-9-7-13(8-10-15)20(27)18-19(14-4-3-11-24-12-14)25(22(29)21(18)28)16-5-1-2-6-17(16)26/h1-12,19,26-27H/b20-18+. The average Bonchev–Trinajstić information content (AvgIpc) is 3.00. The number of hydrogen-bond acceptors (Lipinski definition) is 5. The molecule has 0 radical (unpaired) electrons. The van der Waals surface area contributed by atoms with Gasteiger partial charge in [-0.2, -0.15) is 0 Å². The van der Waals surface area contributed by atoms with Gasteiger partial charge in [-0.3, -0.25) is 19.5 Å². The molecule has 1 aromatic heterocycles. The summed E-state index contributed by atoms with van der Waals surface area (Å²) < 4.78 is 13.3. The van der Waals surface area contributed by atoms with E-state index < -0.39 is 29.3 Å². The minimum atomic E-state index is -1.01. The highest BCUT2D eigenvalue weighted by Gasteiger charge is 2.47. The Kier molecular flexibility index (Phi) is 4.56. The molecule has 144 valence electrons. The second-order valence-electron chi connectivity index (χ2n) is 6.45. The summed E-state index contributed by atoms with van der Waals surface area (Å²) >= 11 is 0. The molecule has 29 heavy (non-hydrogen) atoms. The molecule has 1 aliphatic rings. The second kappa shape index (κ2) is 7.20. The van der Waals surface area contributed by atoms with Crippen LogP contribution in [0.2, 0.25) is 0 Å². The molecule has 0 bridgehead atoms. The fourth-order valence-electron chi connectivity index (χ4n) is 3.37. The number of pyridine rings is 1. The van der Waals surface area contributed by atoms with E-state index in [1.807, 2.05) is 0 Å². The van der Waals surface area contributed by atoms with Crippen molar-refractivity contribution in [3.8, 4) is 5.75 Å². The van der Waals surface area contributed by atoms with Crippen LogP contribution in [-0.2, 0) is 9.59 Å². The Balaban J connectivity index is 1.96. The summed E-state index contributed by atoms with van der Waals surface area (Å²) in [5, 5.41) is 21.1. The maximum absolute atomic E-state index is 13.3. The van der Waals surface area contributed by atoms with Crippen LogP contribution in [0.25, 0.3) is 5.76 Å². The van der Waals surface area contributed by atoms with Gasteiger partial charge in [0.05, 0.1) is 17.3 Å². The highest BCUT2D eigenvalue weighted by Crippen LogP contribution is 2.44. The van der Waals surface area contributed by atoms with Crippen LogP contribution in [0.15, 0.2) is 78.6 Å². The molecular formula is C22H15FN2O4. The number of phenolic OH excluding ortho intramolecular Hbond substituents is 1. The van der Waals surface area contributed by atoms with Crippen molar-refractivity contribution in [2.45, 2.75) is 6.04 Å². The lowest BCUT2D eigenvalue weighted by Gasteiger charge is -2.25. The summed E-state index contributed by atoms with van der Waals surface area (Å²) in [5.41, 5.74) is 0.619. The number of aliphatic hydroxyl groups is 1. The van der Waals surface area contributed by atoms with Gasteiger partial charge in [0.1, 0.15) is 17.3 Å². The Bertz CT molecular complexity index is 1130. The number of aromatic nitrogens is 1. The number of amides is 1. The van der Waals surface area contributed by atoms with Gasteiger partial charge in [0.15, 0.2) is 0 Å². The van der Waals surface area contributed by atoms with E-state index in [2.05, 4.69) is 4.98 Å². The van der Waals surface area contributed by atoms with Gasteiger partial charge in [-0.25, -0.2) is 4.39 Å². The zero-order chi connectivity index (χ0) is 20.5. The van der Waals surface area contributed by atoms with Gasteiger partial charge < -0.3 is 10.2 Å². The number of aliphatic hydroxyl groups excluding tert-OH is 1. The summed E-state index contributed by atoms with van der Waals surface area (Å²) in [4.78, 5) is 30.9. The Hall–Kier alpha value is -4.00. The van der Waals surface area contributed by atoms with Crippen LogP contribution in [0.1, 0.15) is 17.2 Å². The number of phenols is 1. The number of benzene rings is 2. The minimum absolute atomic E-state index is 0.126. The van der Waals surface area contributed by atoms with Crippen molar-refractivity contribution in [3.05, 3.63) is 95.6 Å². The molecule has 2 aromatic carbocycles. The van der Waals surface area contributed by atoms with Crippen molar-refractivity contribution in [1.82, 2.24) is 4.98 Å². The fraction of sp³-hybridized carbons (Fsp3) is 0.0455. The Morgan fingerprint density at radius 2 is 1.72 bits per heavy atom. The highest BCUT2D eigenvalue weighted by molar-refractivity contribution is 6.51. The molecule has 1 amide bonds. The monoisotopic (exact) mass is 390 g/mol. The lowest BCUT2D eigenvalue weighted by atomic mass is 9.96. The number of rotatable bonds is 3. The Morgan fingerprint density at radius 3 is 2.38 bits per heavy atom. The number of nitrogens with zero attached hydrogens (tertiary/aromatic N) is 2. The number of para-hydroxylation sites is 2. The normalized spacial score (nSPS) is 18.2. The predicted octanol–water partition coefficient (Wildman–Crippen LogP) is 3.55. The largest absolute Gasteiger partial charge is 0.507 e. The SMILES string of the molecule is O=C1C(=O)N(c2ccccc2O)C(c2cccnc2)/C1=C(\O)c1ccc(F)cc1. The van der Waals surface area contributed by atoms with Gasteiger partial charge in [0.25, 0.3) is 11.7 Å². The molecule has 1 aliphatic heterocycles. The maximum atomic E-state index is 13.3. The van der Waals surface area contributed by atoms with Crippen molar-refractivity contribution in [3.63, 3.8) is 0 Å². The first-order valence-electron chi connectivity index (χ1n) is 8.74. The quantitative estimate of drug-likeness (QED) is 0.405. The van der Waals surface area contributed by atoms with Crippen molar-refractivity contribution in [2.75, 3.05) is 4.90 Å². The van der Waals surface area contributed by atoms with E-state index in [1.54, 1.807) is 24.3 Å².